The summed E-state index contributed by atoms with van der Waals surface area (Å²) in [6, 6.07) is 12.5. The van der Waals surface area contributed by atoms with Crippen molar-refractivity contribution in [3.63, 3.8) is 0 Å². The SMILES string of the molecule is Cc1sc(CCOC=O)cc1-c1ccccc1. The molecule has 0 spiro atoms. The van der Waals surface area contributed by atoms with Crippen molar-refractivity contribution in [2.24, 2.45) is 0 Å². The first-order valence-electron chi connectivity index (χ1n) is 5.51. The van der Waals surface area contributed by atoms with Crippen molar-refractivity contribution in [2.45, 2.75) is 13.3 Å². The van der Waals surface area contributed by atoms with Crippen molar-refractivity contribution >= 4 is 17.8 Å². The van der Waals surface area contributed by atoms with Gasteiger partial charge in [0.05, 0.1) is 6.61 Å². The molecular formula is C14H14O2S. The highest BCUT2D eigenvalue weighted by atomic mass is 32.1. The molecule has 2 nitrogen and oxygen atoms in total. The highest BCUT2D eigenvalue weighted by molar-refractivity contribution is 7.12. The third kappa shape index (κ3) is 2.94. The summed E-state index contributed by atoms with van der Waals surface area (Å²) >= 11 is 1.76. The van der Waals surface area contributed by atoms with Gasteiger partial charge in [0.25, 0.3) is 6.47 Å². The number of ether oxygens (including phenoxy) is 1. The molecular weight excluding hydrogens is 232 g/mol. The summed E-state index contributed by atoms with van der Waals surface area (Å²) < 4.78 is 4.72. The number of thiophene rings is 1. The zero-order chi connectivity index (χ0) is 12.1. The molecule has 0 radical (unpaired) electrons. The fraction of sp³-hybridized carbons (Fsp3) is 0.214. The molecule has 1 heterocycles. The summed E-state index contributed by atoms with van der Waals surface area (Å²) in [6.45, 7) is 3.08. The van der Waals surface area contributed by atoms with Crippen LogP contribution in [0.4, 0.5) is 0 Å². The van der Waals surface area contributed by atoms with Crippen LogP contribution in [0.1, 0.15) is 9.75 Å². The van der Waals surface area contributed by atoms with Gasteiger partial charge >= 0.3 is 0 Å². The molecule has 0 aliphatic heterocycles. The molecule has 1 aromatic heterocycles. The first-order chi connectivity index (χ1) is 8.31. The number of hydrogen-bond acceptors (Lipinski definition) is 3. The van der Waals surface area contributed by atoms with E-state index < -0.39 is 0 Å². The normalized spacial score (nSPS) is 10.2. The van der Waals surface area contributed by atoms with Crippen molar-refractivity contribution in [3.8, 4) is 11.1 Å². The van der Waals surface area contributed by atoms with Crippen LogP contribution in [-0.2, 0) is 16.0 Å². The standard InChI is InChI=1S/C14H14O2S/c1-11-14(12-5-3-2-4-6-12)9-13(17-11)7-8-16-10-15/h2-6,9-10H,7-8H2,1H3. The van der Waals surface area contributed by atoms with Gasteiger partial charge in [0, 0.05) is 16.2 Å². The molecule has 0 aliphatic carbocycles. The monoisotopic (exact) mass is 246 g/mol. The largest absolute Gasteiger partial charge is 0.468 e. The predicted octanol–water partition coefficient (Wildman–Crippen LogP) is 3.44. The molecule has 0 unspecified atom stereocenters. The highest BCUT2D eigenvalue weighted by Gasteiger charge is 2.07. The lowest BCUT2D eigenvalue weighted by atomic mass is 10.1. The number of hydrogen-bond donors (Lipinski definition) is 0. The second-order valence-corrected chi connectivity index (χ2v) is 5.11. The maximum atomic E-state index is 10.1. The molecule has 0 bridgehead atoms. The van der Waals surface area contributed by atoms with Gasteiger partial charge in [-0.25, -0.2) is 0 Å². The van der Waals surface area contributed by atoms with E-state index in [1.165, 1.54) is 20.9 Å². The third-order valence-corrected chi connectivity index (χ3v) is 3.70. The average Bonchev–Trinajstić information content (AvgIpc) is 2.72. The molecule has 0 atom stereocenters. The van der Waals surface area contributed by atoms with Crippen LogP contribution in [0.3, 0.4) is 0 Å². The molecule has 2 rings (SSSR count). The summed E-state index contributed by atoms with van der Waals surface area (Å²) in [4.78, 5) is 12.6. The van der Waals surface area contributed by atoms with Crippen molar-refractivity contribution < 1.29 is 9.53 Å². The van der Waals surface area contributed by atoms with Crippen LogP contribution in [0.2, 0.25) is 0 Å². The Bertz CT molecular complexity index is 488. The minimum absolute atomic E-state index is 0.456. The third-order valence-electron chi connectivity index (χ3n) is 2.59. The van der Waals surface area contributed by atoms with Gasteiger partial charge in [0.1, 0.15) is 0 Å². The Morgan fingerprint density at radius 2 is 2.06 bits per heavy atom. The number of carbonyl (C=O) groups excluding carboxylic acids is 1. The van der Waals surface area contributed by atoms with Crippen LogP contribution < -0.4 is 0 Å². The van der Waals surface area contributed by atoms with Gasteiger partial charge in [-0.2, -0.15) is 0 Å². The second-order valence-electron chi connectivity index (χ2n) is 3.77. The molecule has 3 heteroatoms. The molecule has 17 heavy (non-hydrogen) atoms. The lowest BCUT2D eigenvalue weighted by Gasteiger charge is -1.98. The van der Waals surface area contributed by atoms with E-state index >= 15 is 0 Å². The second kappa shape index (κ2) is 5.64. The minimum atomic E-state index is 0.456. The molecule has 0 aliphatic rings. The summed E-state index contributed by atoms with van der Waals surface area (Å²) in [7, 11) is 0. The average molecular weight is 246 g/mol. The van der Waals surface area contributed by atoms with E-state index in [1.807, 2.05) is 18.2 Å². The van der Waals surface area contributed by atoms with E-state index in [9.17, 15) is 4.79 Å². The fourth-order valence-electron chi connectivity index (χ4n) is 1.78. The first kappa shape index (κ1) is 11.9. The van der Waals surface area contributed by atoms with Crippen molar-refractivity contribution in [3.05, 3.63) is 46.2 Å². The van der Waals surface area contributed by atoms with Crippen LogP contribution >= 0.6 is 11.3 Å². The molecule has 0 amide bonds. The van der Waals surface area contributed by atoms with E-state index in [0.717, 1.165) is 6.42 Å². The van der Waals surface area contributed by atoms with Gasteiger partial charge in [0.15, 0.2) is 0 Å². The van der Waals surface area contributed by atoms with Gasteiger partial charge < -0.3 is 4.74 Å². The Hall–Kier alpha value is -1.61. The van der Waals surface area contributed by atoms with Crippen molar-refractivity contribution in [1.82, 2.24) is 0 Å². The molecule has 0 N–H and O–H groups in total. The first-order valence-corrected chi connectivity index (χ1v) is 6.33. The lowest BCUT2D eigenvalue weighted by Crippen LogP contribution is -1.93. The zero-order valence-electron chi connectivity index (χ0n) is 9.68. The predicted molar refractivity (Wildman–Crippen MR) is 70.2 cm³/mol. The molecule has 2 aromatic rings. The molecule has 0 fully saturated rings. The van der Waals surface area contributed by atoms with Crippen LogP contribution in [0.25, 0.3) is 11.1 Å². The summed E-state index contributed by atoms with van der Waals surface area (Å²) in [5.74, 6) is 0. The summed E-state index contributed by atoms with van der Waals surface area (Å²) in [6.07, 6.45) is 0.789. The van der Waals surface area contributed by atoms with E-state index in [4.69, 9.17) is 4.74 Å². The molecule has 0 saturated carbocycles. The van der Waals surface area contributed by atoms with Crippen LogP contribution in [0.5, 0.6) is 0 Å². The number of aryl methyl sites for hydroxylation is 1. The number of rotatable bonds is 5. The van der Waals surface area contributed by atoms with E-state index in [2.05, 4.69) is 25.1 Å². The zero-order valence-corrected chi connectivity index (χ0v) is 10.5. The summed E-state index contributed by atoms with van der Waals surface area (Å²) in [5.41, 5.74) is 2.51. The van der Waals surface area contributed by atoms with Crippen molar-refractivity contribution in [1.29, 1.82) is 0 Å². The molecule has 1 aromatic carbocycles. The van der Waals surface area contributed by atoms with Crippen LogP contribution in [0, 0.1) is 6.92 Å². The maximum absolute atomic E-state index is 10.1. The van der Waals surface area contributed by atoms with E-state index in [-0.39, 0.29) is 0 Å². The number of benzene rings is 1. The summed E-state index contributed by atoms with van der Waals surface area (Å²) in [5, 5.41) is 0. The van der Waals surface area contributed by atoms with Gasteiger partial charge in [0.2, 0.25) is 0 Å². The highest BCUT2D eigenvalue weighted by Crippen LogP contribution is 2.30. The Morgan fingerprint density at radius 1 is 1.29 bits per heavy atom. The van der Waals surface area contributed by atoms with Gasteiger partial charge in [-0.05, 0) is 24.1 Å². The van der Waals surface area contributed by atoms with E-state index in [1.54, 1.807) is 11.3 Å². The number of carbonyl (C=O) groups is 1. The van der Waals surface area contributed by atoms with Gasteiger partial charge in [-0.15, -0.1) is 11.3 Å². The Labute approximate surface area is 105 Å². The quantitative estimate of drug-likeness (QED) is 0.596. The van der Waals surface area contributed by atoms with Gasteiger partial charge in [-0.1, -0.05) is 30.3 Å². The Balaban J connectivity index is 2.16. The maximum Gasteiger partial charge on any atom is 0.293 e. The smallest absolute Gasteiger partial charge is 0.293 e. The van der Waals surface area contributed by atoms with Gasteiger partial charge in [-0.3, -0.25) is 4.79 Å². The molecule has 0 saturated heterocycles. The molecule has 88 valence electrons. The van der Waals surface area contributed by atoms with Crippen molar-refractivity contribution in [2.75, 3.05) is 6.61 Å². The lowest BCUT2D eigenvalue weighted by molar-refractivity contribution is -0.128. The Kier molecular flexibility index (Phi) is 3.94. The minimum Gasteiger partial charge on any atom is -0.468 e. The van der Waals surface area contributed by atoms with Crippen LogP contribution in [0.15, 0.2) is 36.4 Å². The van der Waals surface area contributed by atoms with Crippen LogP contribution in [-0.4, -0.2) is 13.1 Å². The fourth-order valence-corrected chi connectivity index (χ4v) is 2.82. The van der Waals surface area contributed by atoms with E-state index in [0.29, 0.717) is 13.1 Å². The topological polar surface area (TPSA) is 26.3 Å². The Morgan fingerprint density at radius 3 is 2.76 bits per heavy atom.